The zero-order valence-corrected chi connectivity index (χ0v) is 19.0. The fourth-order valence-electron chi connectivity index (χ4n) is 4.25. The van der Waals surface area contributed by atoms with Crippen LogP contribution in [0.4, 0.5) is 0 Å². The maximum Gasteiger partial charge on any atom is 0.255 e. The van der Waals surface area contributed by atoms with Crippen molar-refractivity contribution < 1.29 is 28.5 Å². The second kappa shape index (κ2) is 9.06. The van der Waals surface area contributed by atoms with Gasteiger partial charge in [-0.3, -0.25) is 9.59 Å². The molecule has 6 rings (SSSR count). The summed E-state index contributed by atoms with van der Waals surface area (Å²) in [4.78, 5) is 38.0. The number of fused-ring (bicyclic) bond motifs is 2. The van der Waals surface area contributed by atoms with Gasteiger partial charge in [-0.25, -0.2) is 9.97 Å². The smallest absolute Gasteiger partial charge is 0.255 e. The van der Waals surface area contributed by atoms with Crippen LogP contribution in [0.2, 0.25) is 0 Å². The lowest BCUT2D eigenvalue weighted by Crippen LogP contribution is -2.46. The third-order valence-corrected chi connectivity index (χ3v) is 6.37. The van der Waals surface area contributed by atoms with Gasteiger partial charge in [0.1, 0.15) is 16.8 Å². The summed E-state index contributed by atoms with van der Waals surface area (Å²) in [6.45, 7) is 2.46. The first-order valence-corrected chi connectivity index (χ1v) is 11.7. The average Bonchev–Trinajstić information content (AvgIpc) is 3.43. The first-order chi connectivity index (χ1) is 17.2. The molecule has 0 radical (unpaired) electrons. The van der Waals surface area contributed by atoms with E-state index >= 15 is 0 Å². The number of nitrogens with zero attached hydrogens (tertiary/aromatic N) is 3. The molecule has 1 saturated heterocycles. The van der Waals surface area contributed by atoms with E-state index in [1.165, 1.54) is 12.8 Å². The van der Waals surface area contributed by atoms with Crippen LogP contribution in [0.15, 0.2) is 24.5 Å². The van der Waals surface area contributed by atoms with Gasteiger partial charge in [0.15, 0.2) is 17.3 Å². The van der Waals surface area contributed by atoms with Gasteiger partial charge in [-0.2, -0.15) is 0 Å². The van der Waals surface area contributed by atoms with Crippen LogP contribution >= 0.6 is 0 Å². The molecule has 2 amide bonds. The zero-order valence-electron chi connectivity index (χ0n) is 19.0. The largest absolute Gasteiger partial charge is 0.492 e. The molecule has 3 aromatic rings. The molecule has 11 nitrogen and oxygen atoms in total. The van der Waals surface area contributed by atoms with Crippen molar-refractivity contribution in [3.63, 3.8) is 0 Å². The van der Waals surface area contributed by atoms with Crippen molar-refractivity contribution in [1.82, 2.24) is 25.2 Å². The van der Waals surface area contributed by atoms with Crippen molar-refractivity contribution in [2.45, 2.75) is 18.9 Å². The SMILES string of the molecule is O=CN1CCOC(CNC(=O)c2c[nH]c3cnc(-c4c(OCC5CC5)ccc5c4OCO5)nc23)C1. The highest BCUT2D eigenvalue weighted by molar-refractivity contribution is 6.05. The van der Waals surface area contributed by atoms with E-state index in [9.17, 15) is 9.59 Å². The van der Waals surface area contributed by atoms with Gasteiger partial charge in [0, 0.05) is 25.8 Å². The van der Waals surface area contributed by atoms with Crippen molar-refractivity contribution in [3.8, 4) is 28.6 Å². The predicted molar refractivity (Wildman–Crippen MR) is 123 cm³/mol. The number of hydrogen-bond acceptors (Lipinski definition) is 8. The van der Waals surface area contributed by atoms with E-state index in [0.29, 0.717) is 77.5 Å². The van der Waals surface area contributed by atoms with Gasteiger partial charge in [-0.1, -0.05) is 0 Å². The molecule has 2 N–H and O–H groups in total. The molecule has 2 aromatic heterocycles. The monoisotopic (exact) mass is 479 g/mol. The molecule has 3 aliphatic rings. The van der Waals surface area contributed by atoms with Crippen molar-refractivity contribution in [2.75, 3.05) is 39.6 Å². The van der Waals surface area contributed by atoms with E-state index in [-0.39, 0.29) is 25.3 Å². The third kappa shape index (κ3) is 4.34. The normalized spacial score (nSPS) is 19.1. The van der Waals surface area contributed by atoms with Crippen molar-refractivity contribution in [2.24, 2.45) is 5.92 Å². The minimum Gasteiger partial charge on any atom is -0.492 e. The van der Waals surface area contributed by atoms with Gasteiger partial charge < -0.3 is 34.1 Å². The molecule has 182 valence electrons. The molecule has 2 aliphatic heterocycles. The Kier molecular flexibility index (Phi) is 5.61. The van der Waals surface area contributed by atoms with Crippen molar-refractivity contribution in [3.05, 3.63) is 30.1 Å². The molecule has 0 spiro atoms. The molecule has 1 unspecified atom stereocenters. The van der Waals surface area contributed by atoms with Crippen LogP contribution < -0.4 is 19.5 Å². The lowest BCUT2D eigenvalue weighted by Gasteiger charge is -2.30. The van der Waals surface area contributed by atoms with Crippen molar-refractivity contribution in [1.29, 1.82) is 0 Å². The maximum absolute atomic E-state index is 13.0. The van der Waals surface area contributed by atoms with Crippen molar-refractivity contribution >= 4 is 23.4 Å². The van der Waals surface area contributed by atoms with Crippen LogP contribution in [0.25, 0.3) is 22.4 Å². The Labute approximate surface area is 200 Å². The van der Waals surface area contributed by atoms with Crippen LogP contribution in [0.3, 0.4) is 0 Å². The fraction of sp³-hybridized carbons (Fsp3) is 0.417. The van der Waals surface area contributed by atoms with E-state index in [2.05, 4.69) is 15.3 Å². The predicted octanol–water partition coefficient (Wildman–Crippen LogP) is 1.73. The van der Waals surface area contributed by atoms with E-state index in [1.54, 1.807) is 17.3 Å². The standard InChI is InChI=1S/C24H25N5O6/c30-12-29-5-6-32-15(10-29)7-27-24(31)16-8-25-17-9-26-23(28-21(16)17)20-18(33-11-14-1-2-14)3-4-19-22(20)35-13-34-19/h3-4,8-9,12,14-15,25H,1-2,5-7,10-11,13H2,(H,27,31). The molecular weight excluding hydrogens is 454 g/mol. The van der Waals surface area contributed by atoms with Gasteiger partial charge in [-0.05, 0) is 30.9 Å². The second-order valence-corrected chi connectivity index (χ2v) is 8.89. The molecule has 0 bridgehead atoms. The first kappa shape index (κ1) is 21.7. The van der Waals surface area contributed by atoms with Gasteiger partial charge >= 0.3 is 0 Å². The van der Waals surface area contributed by atoms with E-state index in [0.717, 1.165) is 6.41 Å². The number of hydrogen-bond donors (Lipinski definition) is 2. The summed E-state index contributed by atoms with van der Waals surface area (Å²) in [7, 11) is 0. The number of ether oxygens (including phenoxy) is 4. The maximum atomic E-state index is 13.0. The summed E-state index contributed by atoms with van der Waals surface area (Å²) >= 11 is 0. The Hall–Kier alpha value is -3.86. The molecule has 4 heterocycles. The molecule has 35 heavy (non-hydrogen) atoms. The van der Waals surface area contributed by atoms with Crippen LogP contribution in [0, 0.1) is 5.92 Å². The van der Waals surface area contributed by atoms with E-state index in [4.69, 9.17) is 23.9 Å². The van der Waals surface area contributed by atoms with Crippen LogP contribution in [-0.2, 0) is 9.53 Å². The number of nitrogens with one attached hydrogen (secondary N) is 2. The quantitative estimate of drug-likeness (QED) is 0.468. The number of aromatic nitrogens is 3. The number of morpholine rings is 1. The highest BCUT2D eigenvalue weighted by atomic mass is 16.7. The number of benzene rings is 1. The van der Waals surface area contributed by atoms with Gasteiger partial charge in [-0.15, -0.1) is 0 Å². The minimum atomic E-state index is -0.296. The molecule has 1 atom stereocenters. The highest BCUT2D eigenvalue weighted by Crippen LogP contribution is 2.46. The Morgan fingerprint density at radius 1 is 1.31 bits per heavy atom. The van der Waals surface area contributed by atoms with E-state index in [1.807, 2.05) is 12.1 Å². The molecule has 11 heteroatoms. The molecule has 2 fully saturated rings. The van der Waals surface area contributed by atoms with Crippen LogP contribution in [-0.4, -0.2) is 77.9 Å². The summed E-state index contributed by atoms with van der Waals surface area (Å²) in [6.07, 6.45) is 6.13. The summed E-state index contributed by atoms with van der Waals surface area (Å²) in [5, 5.41) is 2.89. The lowest BCUT2D eigenvalue weighted by molar-refractivity contribution is -0.125. The minimum absolute atomic E-state index is 0.110. The highest BCUT2D eigenvalue weighted by Gasteiger charge is 2.28. The Balaban J connectivity index is 1.27. The summed E-state index contributed by atoms with van der Waals surface area (Å²) < 4.78 is 23.0. The molecular formula is C24H25N5O6. The second-order valence-electron chi connectivity index (χ2n) is 8.89. The summed E-state index contributed by atoms with van der Waals surface area (Å²) in [5.74, 6) is 2.42. The number of H-pyrrole nitrogens is 1. The first-order valence-electron chi connectivity index (χ1n) is 11.7. The molecule has 1 saturated carbocycles. The fourth-order valence-corrected chi connectivity index (χ4v) is 4.25. The van der Waals surface area contributed by atoms with Gasteiger partial charge in [0.25, 0.3) is 5.91 Å². The Morgan fingerprint density at radius 3 is 3.09 bits per heavy atom. The average molecular weight is 479 g/mol. The van der Waals surface area contributed by atoms with Crippen LogP contribution in [0.1, 0.15) is 23.2 Å². The van der Waals surface area contributed by atoms with Gasteiger partial charge in [0.2, 0.25) is 13.2 Å². The Morgan fingerprint density at radius 2 is 2.23 bits per heavy atom. The zero-order chi connectivity index (χ0) is 23.8. The summed E-state index contributed by atoms with van der Waals surface area (Å²) in [5.41, 5.74) is 2.11. The third-order valence-electron chi connectivity index (χ3n) is 6.37. The van der Waals surface area contributed by atoms with Gasteiger partial charge in [0.05, 0.1) is 36.6 Å². The topological polar surface area (TPSA) is 128 Å². The summed E-state index contributed by atoms with van der Waals surface area (Å²) in [6, 6.07) is 3.66. The molecule has 1 aromatic carbocycles. The number of aromatic amines is 1. The van der Waals surface area contributed by atoms with E-state index < -0.39 is 0 Å². The van der Waals surface area contributed by atoms with Crippen LogP contribution in [0.5, 0.6) is 17.2 Å². The Bertz CT molecular complexity index is 1270. The molecule has 1 aliphatic carbocycles. The lowest BCUT2D eigenvalue weighted by atomic mass is 10.1. The number of rotatable bonds is 8. The number of amides is 2. The number of carbonyl (C=O) groups excluding carboxylic acids is 2. The number of carbonyl (C=O) groups is 2.